The fourth-order valence-corrected chi connectivity index (χ4v) is 12.5. The van der Waals surface area contributed by atoms with Gasteiger partial charge in [0.25, 0.3) is 0 Å². The summed E-state index contributed by atoms with van der Waals surface area (Å²) in [7, 11) is -1.41. The second kappa shape index (κ2) is 14.4. The largest absolute Gasteiger partial charge is 0.264 e. The summed E-state index contributed by atoms with van der Waals surface area (Å²) in [6, 6.07) is 8.90. The van der Waals surface area contributed by atoms with Crippen molar-refractivity contribution in [3.8, 4) is 0 Å². The summed E-state index contributed by atoms with van der Waals surface area (Å²) >= 11 is 1.86. The van der Waals surface area contributed by atoms with Gasteiger partial charge in [0, 0.05) is 44.2 Å². The zero-order chi connectivity index (χ0) is 24.5. The zero-order valence-corrected chi connectivity index (χ0v) is 24.9. The first kappa shape index (κ1) is 28.2. The normalized spacial score (nSPS) is 17.5. The van der Waals surface area contributed by atoms with Crippen LogP contribution in [-0.2, 0) is 0 Å². The summed E-state index contributed by atoms with van der Waals surface area (Å²) < 4.78 is 13.5. The van der Waals surface area contributed by atoms with Crippen molar-refractivity contribution in [3.63, 3.8) is 0 Å². The SMILES string of the molecule is CCCN(CCC)P(N(CCC)CCC)N1N=C2Sc3ccccc3N2P1N(CCC)CCC. The Morgan fingerprint density at radius 1 is 0.765 bits per heavy atom. The molecule has 0 saturated heterocycles. The highest BCUT2D eigenvalue weighted by molar-refractivity contribution is 8.15. The monoisotopic (exact) mass is 524 g/mol. The van der Waals surface area contributed by atoms with E-state index in [1.807, 2.05) is 11.8 Å². The molecule has 192 valence electrons. The van der Waals surface area contributed by atoms with E-state index >= 15 is 0 Å². The maximum Gasteiger partial charge on any atom is 0.208 e. The van der Waals surface area contributed by atoms with E-state index in [-0.39, 0.29) is 0 Å². The van der Waals surface area contributed by atoms with Crippen LogP contribution in [0.1, 0.15) is 80.1 Å². The number of rotatable bonds is 16. The molecule has 0 bridgehead atoms. The molecule has 1 atom stereocenters. The molecular weight excluding hydrogens is 478 g/mol. The molecule has 0 saturated carbocycles. The number of hydrazone groups is 1. The van der Waals surface area contributed by atoms with E-state index in [1.165, 1.54) is 54.3 Å². The average molecular weight is 525 g/mol. The van der Waals surface area contributed by atoms with Gasteiger partial charge >= 0.3 is 0 Å². The van der Waals surface area contributed by atoms with Crippen LogP contribution in [0.3, 0.4) is 0 Å². The molecule has 0 aliphatic carbocycles. The Bertz CT molecular complexity index is 748. The quantitative estimate of drug-likeness (QED) is 0.204. The Morgan fingerprint density at radius 3 is 1.76 bits per heavy atom. The number of benzene rings is 1. The smallest absolute Gasteiger partial charge is 0.208 e. The van der Waals surface area contributed by atoms with E-state index in [0.29, 0.717) is 0 Å². The second-order valence-electron chi connectivity index (χ2n) is 8.93. The van der Waals surface area contributed by atoms with Crippen LogP contribution in [0.5, 0.6) is 0 Å². The number of thioether (sulfide) groups is 1. The molecule has 0 radical (unpaired) electrons. The maximum atomic E-state index is 5.47. The van der Waals surface area contributed by atoms with E-state index in [9.17, 15) is 0 Å². The Hall–Kier alpha value is -0.420. The summed E-state index contributed by atoms with van der Waals surface area (Å²) in [5, 5.41) is 6.65. The van der Waals surface area contributed by atoms with Gasteiger partial charge in [-0.3, -0.25) is 14.0 Å². The van der Waals surface area contributed by atoms with Crippen molar-refractivity contribution in [2.75, 3.05) is 43.9 Å². The topological polar surface area (TPSA) is 28.6 Å². The summed E-state index contributed by atoms with van der Waals surface area (Å²) in [6.07, 6.45) is 7.07. The first-order valence-corrected chi connectivity index (χ1v) is 16.7. The third-order valence-electron chi connectivity index (χ3n) is 5.80. The molecule has 2 heterocycles. The minimum absolute atomic E-state index is 0.675. The second-order valence-corrected chi connectivity index (χ2v) is 14.2. The molecule has 9 heteroatoms. The molecule has 3 rings (SSSR count). The van der Waals surface area contributed by atoms with Gasteiger partial charge in [-0.05, 0) is 62.4 Å². The van der Waals surface area contributed by atoms with Gasteiger partial charge in [0.2, 0.25) is 8.37 Å². The number of fused-ring (bicyclic) bond motifs is 3. The number of hydrogen-bond donors (Lipinski definition) is 0. The van der Waals surface area contributed by atoms with Crippen LogP contribution in [0.25, 0.3) is 0 Å². The Kier molecular flexibility index (Phi) is 11.9. The molecule has 1 aromatic carbocycles. The Balaban J connectivity index is 2.10. The number of para-hydroxylation sites is 1. The molecule has 34 heavy (non-hydrogen) atoms. The van der Waals surface area contributed by atoms with E-state index in [0.717, 1.165) is 39.3 Å². The minimum atomic E-state index is -0.737. The lowest BCUT2D eigenvalue weighted by Crippen LogP contribution is -2.39. The fraction of sp³-hybridized carbons (Fsp3) is 0.720. The summed E-state index contributed by atoms with van der Waals surface area (Å²) in [5.41, 5.74) is 1.35. The number of nitrogens with zero attached hydrogens (tertiary/aromatic N) is 6. The van der Waals surface area contributed by atoms with Gasteiger partial charge in [-0.1, -0.05) is 53.7 Å². The van der Waals surface area contributed by atoms with Crippen molar-refractivity contribution in [1.29, 1.82) is 0 Å². The number of anilines is 1. The van der Waals surface area contributed by atoms with E-state index in [1.54, 1.807) is 0 Å². The molecule has 0 N–H and O–H groups in total. The fourth-order valence-electron chi connectivity index (χ4n) is 4.57. The van der Waals surface area contributed by atoms with Crippen molar-refractivity contribution < 1.29 is 0 Å². The van der Waals surface area contributed by atoms with Crippen molar-refractivity contribution in [3.05, 3.63) is 24.3 Å². The van der Waals surface area contributed by atoms with Gasteiger partial charge in [-0.2, -0.15) is 4.55 Å². The van der Waals surface area contributed by atoms with E-state index < -0.39 is 16.7 Å². The molecule has 0 aromatic heterocycles. The van der Waals surface area contributed by atoms with E-state index in [4.69, 9.17) is 5.10 Å². The molecule has 1 unspecified atom stereocenters. The van der Waals surface area contributed by atoms with Crippen molar-refractivity contribution in [2.45, 2.75) is 85.0 Å². The molecule has 0 amide bonds. The predicted molar refractivity (Wildman–Crippen MR) is 154 cm³/mol. The third-order valence-corrected chi connectivity index (χ3v) is 12.2. The van der Waals surface area contributed by atoms with Gasteiger partial charge in [0.1, 0.15) is 0 Å². The molecule has 2 aliphatic heterocycles. The maximum absolute atomic E-state index is 5.47. The lowest BCUT2D eigenvalue weighted by molar-refractivity contribution is 0.350. The van der Waals surface area contributed by atoms with Gasteiger partial charge in [0.15, 0.2) is 13.5 Å². The summed E-state index contributed by atoms with van der Waals surface area (Å²) in [6.45, 7) is 20.7. The van der Waals surface area contributed by atoms with Crippen LogP contribution in [0.4, 0.5) is 5.69 Å². The minimum Gasteiger partial charge on any atom is -0.264 e. The van der Waals surface area contributed by atoms with Gasteiger partial charge < -0.3 is 0 Å². The third kappa shape index (κ3) is 6.28. The summed E-state index contributed by atoms with van der Waals surface area (Å²) in [5.74, 6) is 0. The first-order chi connectivity index (χ1) is 16.6. The van der Waals surface area contributed by atoms with Crippen LogP contribution in [0.2, 0.25) is 0 Å². The predicted octanol–water partition coefficient (Wildman–Crippen LogP) is 8.01. The van der Waals surface area contributed by atoms with Crippen molar-refractivity contribution >= 4 is 39.4 Å². The Labute approximate surface area is 215 Å². The summed E-state index contributed by atoms with van der Waals surface area (Å²) in [4.78, 5) is 1.35. The lowest BCUT2D eigenvalue weighted by atomic mass is 10.3. The molecule has 2 aliphatic rings. The molecule has 6 nitrogen and oxygen atoms in total. The highest BCUT2D eigenvalue weighted by Gasteiger charge is 2.49. The van der Waals surface area contributed by atoms with Crippen LogP contribution in [0, 0.1) is 0 Å². The zero-order valence-electron chi connectivity index (χ0n) is 22.3. The Morgan fingerprint density at radius 2 is 1.26 bits per heavy atom. The molecule has 1 aromatic rings. The van der Waals surface area contributed by atoms with Crippen molar-refractivity contribution in [1.82, 2.24) is 18.6 Å². The standard InChI is InChI=1S/C25H46N6P2S/c1-7-17-27(18-8-2)32(28(19-9-3)20-10-4)31-26-25-30(23-15-13-14-16-24(23)34-25)33(31)29(21-11-5)22-12-6/h13-16H,7-12,17-22H2,1-6H3. The number of amidine groups is 1. The van der Waals surface area contributed by atoms with E-state index in [2.05, 4.69) is 89.0 Å². The van der Waals surface area contributed by atoms with Crippen LogP contribution in [-0.4, -0.2) is 63.0 Å². The lowest BCUT2D eigenvalue weighted by Gasteiger charge is -2.46. The average Bonchev–Trinajstić information content (AvgIpc) is 3.36. The molecule has 0 spiro atoms. The van der Waals surface area contributed by atoms with Gasteiger partial charge in [-0.25, -0.2) is 4.67 Å². The van der Waals surface area contributed by atoms with Gasteiger partial charge in [-0.15, -0.1) is 5.10 Å². The van der Waals surface area contributed by atoms with Gasteiger partial charge in [0.05, 0.1) is 5.69 Å². The number of hydrogen-bond acceptors (Lipinski definition) is 7. The molecular formula is C25H46N6P2S. The highest BCUT2D eigenvalue weighted by atomic mass is 32.2. The van der Waals surface area contributed by atoms with Crippen LogP contribution < -0.4 is 4.67 Å². The molecule has 0 fully saturated rings. The van der Waals surface area contributed by atoms with Crippen LogP contribution >= 0.6 is 28.5 Å². The van der Waals surface area contributed by atoms with Crippen molar-refractivity contribution in [2.24, 2.45) is 5.10 Å². The first-order valence-electron chi connectivity index (χ1n) is 13.4. The van der Waals surface area contributed by atoms with Crippen LogP contribution in [0.15, 0.2) is 34.3 Å². The highest BCUT2D eigenvalue weighted by Crippen LogP contribution is 2.70.